The summed E-state index contributed by atoms with van der Waals surface area (Å²) in [5, 5.41) is 11.1. The molecule has 0 fully saturated rings. The molecule has 0 spiro atoms. The number of rotatable bonds is 1. The first-order chi connectivity index (χ1) is 14.8. The van der Waals surface area contributed by atoms with Crippen molar-refractivity contribution in [2.75, 3.05) is 7.11 Å². The Balaban J connectivity index is 1.97. The van der Waals surface area contributed by atoms with E-state index in [1.54, 1.807) is 0 Å². The van der Waals surface area contributed by atoms with E-state index in [9.17, 15) is 4.79 Å². The molecule has 2 nitrogen and oxygen atoms in total. The highest BCUT2D eigenvalue weighted by Crippen LogP contribution is 2.40. The minimum Gasteiger partial charge on any atom is -0.465 e. The summed E-state index contributed by atoms with van der Waals surface area (Å²) in [7, 11) is 1.45. The number of benzene rings is 6. The van der Waals surface area contributed by atoms with Crippen molar-refractivity contribution in [1.29, 1.82) is 0 Å². The molecule has 142 valence electrons. The van der Waals surface area contributed by atoms with E-state index in [1.165, 1.54) is 23.3 Å². The van der Waals surface area contributed by atoms with E-state index in [1.807, 2.05) is 12.1 Å². The van der Waals surface area contributed by atoms with Crippen LogP contribution in [0.25, 0.3) is 53.9 Å². The third kappa shape index (κ3) is 2.28. The van der Waals surface area contributed by atoms with Gasteiger partial charge in [-0.15, -0.1) is 0 Å². The Morgan fingerprint density at radius 2 is 1.13 bits per heavy atom. The molecule has 0 unspecified atom stereocenters. The maximum atomic E-state index is 12.9. The second kappa shape index (κ2) is 6.30. The fourth-order valence-electron chi connectivity index (χ4n) is 4.79. The molecule has 0 aliphatic heterocycles. The lowest BCUT2D eigenvalue weighted by Gasteiger charge is -2.15. The van der Waals surface area contributed by atoms with E-state index in [-0.39, 0.29) is 5.97 Å². The van der Waals surface area contributed by atoms with Gasteiger partial charge in [-0.2, -0.15) is 0 Å². The molecule has 0 aliphatic rings. The van der Waals surface area contributed by atoms with E-state index >= 15 is 0 Å². The number of carbonyl (C=O) groups is 1. The quantitative estimate of drug-likeness (QED) is 0.220. The molecule has 6 rings (SSSR count). The maximum Gasteiger partial charge on any atom is 0.338 e. The van der Waals surface area contributed by atoms with Crippen molar-refractivity contribution in [3.8, 4) is 0 Å². The number of methoxy groups -OCH3 is 1. The average Bonchev–Trinajstić information content (AvgIpc) is 2.82. The number of fused-ring (bicyclic) bond motifs is 9. The Bertz CT molecular complexity index is 1640. The van der Waals surface area contributed by atoms with Gasteiger partial charge in [-0.05, 0) is 54.5 Å². The Labute approximate surface area is 173 Å². The van der Waals surface area contributed by atoms with Gasteiger partial charge >= 0.3 is 5.97 Å². The maximum absolute atomic E-state index is 12.9. The van der Waals surface area contributed by atoms with Gasteiger partial charge < -0.3 is 4.74 Å². The highest BCUT2D eigenvalue weighted by atomic mass is 16.5. The van der Waals surface area contributed by atoms with Crippen molar-refractivity contribution in [2.24, 2.45) is 0 Å². The molecule has 2 heteroatoms. The van der Waals surface area contributed by atoms with Gasteiger partial charge in [0.2, 0.25) is 0 Å². The van der Waals surface area contributed by atoms with Crippen molar-refractivity contribution >= 4 is 59.8 Å². The van der Waals surface area contributed by atoms with Crippen LogP contribution in [0.15, 0.2) is 91.0 Å². The topological polar surface area (TPSA) is 26.3 Å². The summed E-state index contributed by atoms with van der Waals surface area (Å²) in [6.45, 7) is 0. The first-order valence-electron chi connectivity index (χ1n) is 10.0. The summed E-state index contributed by atoms with van der Waals surface area (Å²) in [5.74, 6) is -0.310. The third-order valence-electron chi connectivity index (χ3n) is 6.12. The second-order valence-corrected chi connectivity index (χ2v) is 7.67. The van der Waals surface area contributed by atoms with Crippen LogP contribution in [0.5, 0.6) is 0 Å². The van der Waals surface area contributed by atoms with E-state index < -0.39 is 0 Å². The Morgan fingerprint density at radius 3 is 1.83 bits per heavy atom. The Kier molecular flexibility index (Phi) is 3.57. The zero-order valence-corrected chi connectivity index (χ0v) is 16.5. The molecule has 0 bridgehead atoms. The zero-order chi connectivity index (χ0) is 20.2. The van der Waals surface area contributed by atoms with E-state index in [0.29, 0.717) is 5.56 Å². The minimum absolute atomic E-state index is 0.310. The lowest BCUT2D eigenvalue weighted by Crippen LogP contribution is -2.03. The number of hydrogen-bond donors (Lipinski definition) is 0. The summed E-state index contributed by atoms with van der Waals surface area (Å²) in [5.41, 5.74) is 0.609. The van der Waals surface area contributed by atoms with Crippen LogP contribution in [-0.4, -0.2) is 13.1 Å². The first-order valence-corrected chi connectivity index (χ1v) is 10.0. The molecule has 0 saturated carbocycles. The van der Waals surface area contributed by atoms with Crippen molar-refractivity contribution in [2.45, 2.75) is 0 Å². The van der Waals surface area contributed by atoms with Crippen LogP contribution < -0.4 is 0 Å². The summed E-state index contributed by atoms with van der Waals surface area (Å²) in [6, 6.07) is 31.5. The summed E-state index contributed by atoms with van der Waals surface area (Å²) >= 11 is 0. The lowest BCUT2D eigenvalue weighted by molar-refractivity contribution is 0.0603. The number of carbonyl (C=O) groups excluding carboxylic acids is 1. The van der Waals surface area contributed by atoms with Gasteiger partial charge in [0.25, 0.3) is 0 Å². The van der Waals surface area contributed by atoms with Crippen LogP contribution in [0.1, 0.15) is 10.4 Å². The molecule has 0 radical (unpaired) electrons. The van der Waals surface area contributed by atoms with Crippen molar-refractivity contribution < 1.29 is 9.53 Å². The predicted molar refractivity (Wildman–Crippen MR) is 125 cm³/mol. The molecule has 0 heterocycles. The average molecular weight is 386 g/mol. The van der Waals surface area contributed by atoms with Crippen molar-refractivity contribution in [3.05, 3.63) is 96.6 Å². The summed E-state index contributed by atoms with van der Waals surface area (Å²) in [4.78, 5) is 12.9. The molecule has 0 amide bonds. The lowest BCUT2D eigenvalue weighted by atomic mass is 9.89. The number of hydrogen-bond acceptors (Lipinski definition) is 2. The van der Waals surface area contributed by atoms with Gasteiger partial charge in [0.05, 0.1) is 12.7 Å². The first kappa shape index (κ1) is 17.0. The Morgan fingerprint density at radius 1 is 0.567 bits per heavy atom. The zero-order valence-electron chi connectivity index (χ0n) is 16.5. The number of ether oxygens (including phenoxy) is 1. The summed E-state index contributed by atoms with van der Waals surface area (Å²) in [6.07, 6.45) is 0. The van der Waals surface area contributed by atoms with E-state index in [2.05, 4.69) is 78.9 Å². The molecular weight excluding hydrogens is 368 g/mol. The second-order valence-electron chi connectivity index (χ2n) is 7.67. The third-order valence-corrected chi connectivity index (χ3v) is 6.12. The van der Waals surface area contributed by atoms with Gasteiger partial charge in [0.1, 0.15) is 0 Å². The predicted octanol–water partition coefficient (Wildman–Crippen LogP) is 7.24. The monoisotopic (exact) mass is 386 g/mol. The smallest absolute Gasteiger partial charge is 0.338 e. The van der Waals surface area contributed by atoms with Crippen molar-refractivity contribution in [1.82, 2.24) is 0 Å². The van der Waals surface area contributed by atoms with Crippen LogP contribution in [0.3, 0.4) is 0 Å². The van der Waals surface area contributed by atoms with Crippen LogP contribution >= 0.6 is 0 Å². The van der Waals surface area contributed by atoms with Gasteiger partial charge in [-0.3, -0.25) is 0 Å². The van der Waals surface area contributed by atoms with Crippen LogP contribution in [0.2, 0.25) is 0 Å². The van der Waals surface area contributed by atoms with Gasteiger partial charge in [0.15, 0.2) is 0 Å². The molecule has 0 atom stereocenters. The van der Waals surface area contributed by atoms with Crippen molar-refractivity contribution in [3.63, 3.8) is 0 Å². The number of esters is 1. The molecule has 6 aromatic rings. The van der Waals surface area contributed by atoms with Gasteiger partial charge in [0, 0.05) is 5.39 Å². The molecule has 0 aliphatic carbocycles. The van der Waals surface area contributed by atoms with Crippen LogP contribution in [0, 0.1) is 0 Å². The molecule has 6 aromatic carbocycles. The fraction of sp³-hybridized carbons (Fsp3) is 0.0357. The Hall–Kier alpha value is -3.91. The van der Waals surface area contributed by atoms with E-state index in [0.717, 1.165) is 37.7 Å². The fourth-order valence-corrected chi connectivity index (χ4v) is 4.79. The van der Waals surface area contributed by atoms with E-state index in [4.69, 9.17) is 4.74 Å². The minimum atomic E-state index is -0.310. The van der Waals surface area contributed by atoms with Crippen LogP contribution in [0.4, 0.5) is 0 Å². The summed E-state index contributed by atoms with van der Waals surface area (Å²) < 4.78 is 5.20. The SMILES string of the molecule is COC(=O)c1cc2ccc3ccccc3c2c2ccc3ccc4ccccc4c3c12. The highest BCUT2D eigenvalue weighted by Gasteiger charge is 2.18. The van der Waals surface area contributed by atoms with Gasteiger partial charge in [-0.25, -0.2) is 4.79 Å². The molecule has 30 heavy (non-hydrogen) atoms. The molecule has 0 saturated heterocycles. The highest BCUT2D eigenvalue weighted by molar-refractivity contribution is 6.32. The van der Waals surface area contributed by atoms with Gasteiger partial charge in [-0.1, -0.05) is 84.9 Å². The van der Waals surface area contributed by atoms with Crippen LogP contribution in [-0.2, 0) is 4.74 Å². The molecule has 0 aromatic heterocycles. The largest absolute Gasteiger partial charge is 0.465 e. The molecule has 0 N–H and O–H groups in total. The normalized spacial score (nSPS) is 11.6. The molecular formula is C28H18O2. The standard InChI is InChI=1S/C28H18O2/c1-30-28(29)24-16-20-13-11-17-6-2-4-8-21(17)25(20)23-15-14-19-12-10-18-7-3-5-9-22(18)26(19)27(23)24/h2-16H,1H3.